The van der Waals surface area contributed by atoms with E-state index in [-0.39, 0.29) is 5.82 Å². The summed E-state index contributed by atoms with van der Waals surface area (Å²) in [6.45, 7) is 2.51. The molecule has 0 unspecified atom stereocenters. The largest absolute Gasteiger partial charge is 0.323 e. The molecule has 21 heavy (non-hydrogen) atoms. The van der Waals surface area contributed by atoms with Crippen LogP contribution in [0.1, 0.15) is 17.0 Å². The summed E-state index contributed by atoms with van der Waals surface area (Å²) in [5, 5.41) is 0. The molecule has 108 valence electrons. The maximum Gasteiger partial charge on any atom is 0.128 e. The van der Waals surface area contributed by atoms with Crippen LogP contribution in [0.2, 0.25) is 0 Å². The SMILES string of the molecule is Cc1cccc2c1nc(CCCl)n2Cc1ccccc1F. The standard InChI is InChI=1S/C17H16ClFN2/c1-12-5-4-8-15-17(12)20-16(9-10-18)21(15)11-13-6-2-3-7-14(13)19/h2-8H,9-11H2,1H3. The average molecular weight is 303 g/mol. The number of rotatable bonds is 4. The molecule has 0 atom stereocenters. The maximum atomic E-state index is 13.9. The Kier molecular flexibility index (Phi) is 3.93. The Labute approximate surface area is 128 Å². The zero-order valence-corrected chi connectivity index (χ0v) is 12.6. The van der Waals surface area contributed by atoms with Crippen molar-refractivity contribution in [3.8, 4) is 0 Å². The van der Waals surface area contributed by atoms with Crippen molar-refractivity contribution in [1.82, 2.24) is 9.55 Å². The van der Waals surface area contributed by atoms with Crippen molar-refractivity contribution in [2.75, 3.05) is 5.88 Å². The van der Waals surface area contributed by atoms with Gasteiger partial charge in [0.05, 0.1) is 17.6 Å². The second-order valence-corrected chi connectivity index (χ2v) is 5.47. The van der Waals surface area contributed by atoms with E-state index in [0.717, 1.165) is 22.4 Å². The summed E-state index contributed by atoms with van der Waals surface area (Å²) in [6.07, 6.45) is 0.671. The van der Waals surface area contributed by atoms with Crippen LogP contribution in [0.3, 0.4) is 0 Å². The van der Waals surface area contributed by atoms with Crippen LogP contribution in [0.5, 0.6) is 0 Å². The summed E-state index contributed by atoms with van der Waals surface area (Å²) in [5.41, 5.74) is 3.78. The van der Waals surface area contributed by atoms with Crippen molar-refractivity contribution in [1.29, 1.82) is 0 Å². The monoisotopic (exact) mass is 302 g/mol. The van der Waals surface area contributed by atoms with Gasteiger partial charge in [0.15, 0.2) is 0 Å². The van der Waals surface area contributed by atoms with Gasteiger partial charge in [0.25, 0.3) is 0 Å². The van der Waals surface area contributed by atoms with Crippen LogP contribution in [0, 0.1) is 12.7 Å². The van der Waals surface area contributed by atoms with E-state index >= 15 is 0 Å². The topological polar surface area (TPSA) is 17.8 Å². The molecule has 0 saturated heterocycles. The van der Waals surface area contributed by atoms with Gasteiger partial charge in [-0.15, -0.1) is 11.6 Å². The lowest BCUT2D eigenvalue weighted by Crippen LogP contribution is -2.07. The molecule has 0 fully saturated rings. The molecule has 0 amide bonds. The molecular weight excluding hydrogens is 287 g/mol. The van der Waals surface area contributed by atoms with Crippen LogP contribution in [-0.2, 0) is 13.0 Å². The summed E-state index contributed by atoms with van der Waals surface area (Å²) in [7, 11) is 0. The molecule has 3 aromatic rings. The van der Waals surface area contributed by atoms with E-state index < -0.39 is 0 Å². The fourth-order valence-corrected chi connectivity index (χ4v) is 2.75. The number of alkyl halides is 1. The van der Waals surface area contributed by atoms with E-state index in [2.05, 4.69) is 9.55 Å². The number of fused-ring (bicyclic) bond motifs is 1. The Morgan fingerprint density at radius 2 is 1.95 bits per heavy atom. The number of para-hydroxylation sites is 1. The zero-order chi connectivity index (χ0) is 14.8. The van der Waals surface area contributed by atoms with Crippen LogP contribution in [-0.4, -0.2) is 15.4 Å². The summed E-state index contributed by atoms with van der Waals surface area (Å²) in [4.78, 5) is 4.68. The summed E-state index contributed by atoms with van der Waals surface area (Å²) in [5.74, 6) is 1.21. The molecular formula is C17H16ClFN2. The molecule has 3 rings (SSSR count). The van der Waals surface area contributed by atoms with Crippen molar-refractivity contribution >= 4 is 22.6 Å². The molecule has 2 nitrogen and oxygen atoms in total. The fourth-order valence-electron chi connectivity index (χ4n) is 2.58. The first kappa shape index (κ1) is 14.1. The average Bonchev–Trinajstić information content (AvgIpc) is 2.82. The van der Waals surface area contributed by atoms with E-state index in [9.17, 15) is 4.39 Å². The molecule has 1 aromatic heterocycles. The Balaban J connectivity index is 2.13. The minimum Gasteiger partial charge on any atom is -0.323 e. The van der Waals surface area contributed by atoms with Crippen LogP contribution in [0.4, 0.5) is 4.39 Å². The number of halogens is 2. The minimum atomic E-state index is -0.191. The smallest absolute Gasteiger partial charge is 0.128 e. The van der Waals surface area contributed by atoms with Crippen molar-refractivity contribution in [2.45, 2.75) is 19.9 Å². The third-order valence-electron chi connectivity index (χ3n) is 3.66. The van der Waals surface area contributed by atoms with Gasteiger partial charge < -0.3 is 4.57 Å². The zero-order valence-electron chi connectivity index (χ0n) is 11.8. The van der Waals surface area contributed by atoms with E-state index in [1.165, 1.54) is 6.07 Å². The lowest BCUT2D eigenvalue weighted by molar-refractivity contribution is 0.598. The number of nitrogens with zero attached hydrogens (tertiary/aromatic N) is 2. The minimum absolute atomic E-state index is 0.191. The molecule has 0 aliphatic rings. The van der Waals surface area contributed by atoms with Crippen molar-refractivity contribution in [3.05, 3.63) is 65.2 Å². The van der Waals surface area contributed by atoms with Gasteiger partial charge in [-0.2, -0.15) is 0 Å². The Morgan fingerprint density at radius 3 is 2.71 bits per heavy atom. The second kappa shape index (κ2) is 5.86. The van der Waals surface area contributed by atoms with Gasteiger partial charge in [0, 0.05) is 17.9 Å². The molecule has 0 aliphatic carbocycles. The van der Waals surface area contributed by atoms with E-state index in [0.29, 0.717) is 24.4 Å². The normalized spacial score (nSPS) is 11.2. The van der Waals surface area contributed by atoms with Gasteiger partial charge in [-0.1, -0.05) is 30.3 Å². The van der Waals surface area contributed by atoms with Gasteiger partial charge in [-0.05, 0) is 24.6 Å². The molecule has 0 radical (unpaired) electrons. The Bertz CT molecular complexity index is 780. The van der Waals surface area contributed by atoms with Crippen molar-refractivity contribution in [2.24, 2.45) is 0 Å². The van der Waals surface area contributed by atoms with Crippen LogP contribution < -0.4 is 0 Å². The third kappa shape index (κ3) is 2.66. The first-order chi connectivity index (χ1) is 10.2. The van der Waals surface area contributed by atoms with Crippen LogP contribution in [0.25, 0.3) is 11.0 Å². The van der Waals surface area contributed by atoms with Gasteiger partial charge in [0.2, 0.25) is 0 Å². The number of hydrogen-bond acceptors (Lipinski definition) is 1. The Hall–Kier alpha value is -1.87. The van der Waals surface area contributed by atoms with E-state index in [1.54, 1.807) is 12.1 Å². The molecule has 0 N–H and O–H groups in total. The maximum absolute atomic E-state index is 13.9. The molecule has 0 spiro atoms. The van der Waals surface area contributed by atoms with Crippen molar-refractivity contribution < 1.29 is 4.39 Å². The number of aromatic nitrogens is 2. The van der Waals surface area contributed by atoms with Gasteiger partial charge in [-0.3, -0.25) is 0 Å². The molecule has 0 saturated carbocycles. The van der Waals surface area contributed by atoms with Crippen molar-refractivity contribution in [3.63, 3.8) is 0 Å². The lowest BCUT2D eigenvalue weighted by Gasteiger charge is -2.09. The number of hydrogen-bond donors (Lipinski definition) is 0. The van der Waals surface area contributed by atoms with Crippen LogP contribution >= 0.6 is 11.6 Å². The third-order valence-corrected chi connectivity index (χ3v) is 3.85. The van der Waals surface area contributed by atoms with Gasteiger partial charge in [-0.25, -0.2) is 9.37 Å². The fraction of sp³-hybridized carbons (Fsp3) is 0.235. The highest BCUT2D eigenvalue weighted by molar-refractivity contribution is 6.17. The molecule has 2 aromatic carbocycles. The van der Waals surface area contributed by atoms with E-state index in [4.69, 9.17) is 11.6 Å². The second-order valence-electron chi connectivity index (χ2n) is 5.09. The number of imidazole rings is 1. The first-order valence-electron chi connectivity index (χ1n) is 6.95. The van der Waals surface area contributed by atoms with Gasteiger partial charge in [0.1, 0.15) is 11.6 Å². The Morgan fingerprint density at radius 1 is 1.14 bits per heavy atom. The highest BCUT2D eigenvalue weighted by Gasteiger charge is 2.13. The quantitative estimate of drug-likeness (QED) is 0.657. The molecule has 0 aliphatic heterocycles. The first-order valence-corrected chi connectivity index (χ1v) is 7.48. The lowest BCUT2D eigenvalue weighted by atomic mass is 10.2. The number of aryl methyl sites for hydroxylation is 2. The molecule has 0 bridgehead atoms. The highest BCUT2D eigenvalue weighted by atomic mass is 35.5. The van der Waals surface area contributed by atoms with E-state index in [1.807, 2.05) is 31.2 Å². The summed E-state index contributed by atoms with van der Waals surface area (Å²) >= 11 is 5.88. The molecule has 1 heterocycles. The summed E-state index contributed by atoms with van der Waals surface area (Å²) in [6, 6.07) is 12.9. The highest BCUT2D eigenvalue weighted by Crippen LogP contribution is 2.22. The van der Waals surface area contributed by atoms with Crippen LogP contribution in [0.15, 0.2) is 42.5 Å². The predicted molar refractivity (Wildman–Crippen MR) is 84.4 cm³/mol. The predicted octanol–water partition coefficient (Wildman–Crippen LogP) is 4.31. The molecule has 4 heteroatoms. The number of benzene rings is 2. The van der Waals surface area contributed by atoms with Gasteiger partial charge >= 0.3 is 0 Å². The summed E-state index contributed by atoms with van der Waals surface area (Å²) < 4.78 is 16.0.